The van der Waals surface area contributed by atoms with E-state index in [0.29, 0.717) is 32.2 Å². The van der Waals surface area contributed by atoms with Crippen LogP contribution in [0.5, 0.6) is 0 Å². The highest BCUT2D eigenvalue weighted by atomic mass is 32.2. The van der Waals surface area contributed by atoms with Crippen molar-refractivity contribution < 1.29 is 4.79 Å². The minimum atomic E-state index is -0.180. The summed E-state index contributed by atoms with van der Waals surface area (Å²) in [5, 5.41) is 0. The summed E-state index contributed by atoms with van der Waals surface area (Å²) in [4.78, 5) is 34.5. The van der Waals surface area contributed by atoms with E-state index in [9.17, 15) is 9.59 Å². The zero-order valence-electron chi connectivity index (χ0n) is 15.2. The number of thioether (sulfide) groups is 1. The maximum absolute atomic E-state index is 13.2. The summed E-state index contributed by atoms with van der Waals surface area (Å²) in [6.45, 7) is 3.92. The monoisotopic (exact) mass is 400 g/mol. The van der Waals surface area contributed by atoms with Gasteiger partial charge in [0.25, 0.3) is 11.5 Å². The van der Waals surface area contributed by atoms with Crippen LogP contribution in [-0.2, 0) is 4.79 Å². The Kier molecular flexibility index (Phi) is 4.77. The van der Waals surface area contributed by atoms with Gasteiger partial charge in [-0.05, 0) is 37.0 Å². The average molecular weight is 401 g/mol. The first-order valence-electron chi connectivity index (χ1n) is 8.93. The van der Waals surface area contributed by atoms with Gasteiger partial charge in [0.2, 0.25) is 0 Å². The van der Waals surface area contributed by atoms with Crippen molar-refractivity contribution in [2.24, 2.45) is 5.92 Å². The van der Waals surface area contributed by atoms with E-state index in [4.69, 9.17) is 17.2 Å². The molecule has 6 nitrogen and oxygen atoms in total. The second-order valence-corrected chi connectivity index (χ2v) is 8.69. The fourth-order valence-corrected chi connectivity index (χ4v) is 4.68. The van der Waals surface area contributed by atoms with Crippen LogP contribution in [0.4, 0.5) is 5.82 Å². The lowest BCUT2D eigenvalue weighted by atomic mass is 10.00. The van der Waals surface area contributed by atoms with Crippen molar-refractivity contribution in [3.05, 3.63) is 45.2 Å². The highest BCUT2D eigenvalue weighted by Crippen LogP contribution is 2.33. The summed E-state index contributed by atoms with van der Waals surface area (Å²) in [6.07, 6.45) is 5.60. The van der Waals surface area contributed by atoms with Crippen LogP contribution in [-0.4, -0.2) is 44.6 Å². The van der Waals surface area contributed by atoms with Gasteiger partial charge >= 0.3 is 0 Å². The Balaban J connectivity index is 1.91. The van der Waals surface area contributed by atoms with Crippen molar-refractivity contribution in [2.45, 2.75) is 19.8 Å². The van der Waals surface area contributed by atoms with Crippen molar-refractivity contribution in [3.63, 3.8) is 0 Å². The van der Waals surface area contributed by atoms with Crippen LogP contribution in [0.15, 0.2) is 34.1 Å². The Labute approximate surface area is 166 Å². The molecule has 2 aliphatic rings. The first-order chi connectivity index (χ1) is 13.0. The van der Waals surface area contributed by atoms with E-state index < -0.39 is 0 Å². The Morgan fingerprint density at radius 3 is 2.85 bits per heavy atom. The summed E-state index contributed by atoms with van der Waals surface area (Å²) in [5.41, 5.74) is 0.882. The SMILES string of the molecule is CC1CCCN(c2nc3ccccn3c(=O)c2C=C2SC(=S)N(C)C2=O)C1. The molecule has 140 valence electrons. The van der Waals surface area contributed by atoms with Gasteiger partial charge in [0.05, 0.1) is 10.5 Å². The lowest BCUT2D eigenvalue weighted by Crippen LogP contribution is -2.37. The van der Waals surface area contributed by atoms with Gasteiger partial charge in [-0.25, -0.2) is 4.98 Å². The van der Waals surface area contributed by atoms with Gasteiger partial charge in [0.15, 0.2) is 0 Å². The van der Waals surface area contributed by atoms with Gasteiger partial charge in [0.1, 0.15) is 15.8 Å². The molecule has 0 aliphatic carbocycles. The molecule has 1 unspecified atom stereocenters. The number of fused-ring (bicyclic) bond motifs is 1. The Morgan fingerprint density at radius 2 is 2.15 bits per heavy atom. The van der Waals surface area contributed by atoms with Crippen molar-refractivity contribution in [2.75, 3.05) is 25.0 Å². The topological polar surface area (TPSA) is 57.9 Å². The summed E-state index contributed by atoms with van der Waals surface area (Å²) < 4.78 is 2.02. The van der Waals surface area contributed by atoms with Crippen molar-refractivity contribution in [1.82, 2.24) is 14.3 Å². The van der Waals surface area contributed by atoms with Gasteiger partial charge in [-0.3, -0.25) is 18.9 Å². The van der Waals surface area contributed by atoms with Crippen LogP contribution in [0.2, 0.25) is 0 Å². The maximum Gasteiger partial charge on any atom is 0.267 e. The number of amides is 1. The summed E-state index contributed by atoms with van der Waals surface area (Å²) >= 11 is 6.43. The van der Waals surface area contributed by atoms with E-state index in [1.165, 1.54) is 27.5 Å². The molecule has 0 aromatic carbocycles. The fraction of sp³-hybridized carbons (Fsp3) is 0.368. The molecule has 1 atom stereocenters. The Morgan fingerprint density at radius 1 is 1.33 bits per heavy atom. The molecule has 4 heterocycles. The second kappa shape index (κ2) is 7.09. The molecule has 8 heteroatoms. The summed E-state index contributed by atoms with van der Waals surface area (Å²) in [7, 11) is 1.65. The molecule has 2 aromatic rings. The normalized spacial score (nSPS) is 22.3. The van der Waals surface area contributed by atoms with Gasteiger partial charge in [-0.15, -0.1) is 0 Å². The third-order valence-corrected chi connectivity index (χ3v) is 6.45. The standard InChI is InChI=1S/C19H20N4O2S2/c1-12-6-5-8-22(11-12)16-13(10-14-18(25)21(2)19(26)27-14)17(24)23-9-4-3-7-15(23)20-16/h3-4,7,9-10,12H,5-6,8,11H2,1-2H3. The quantitative estimate of drug-likeness (QED) is 0.571. The molecule has 0 N–H and O–H groups in total. The lowest BCUT2D eigenvalue weighted by molar-refractivity contribution is -0.121. The lowest BCUT2D eigenvalue weighted by Gasteiger charge is -2.32. The summed E-state index contributed by atoms with van der Waals surface area (Å²) in [5.74, 6) is 1.01. The van der Waals surface area contributed by atoms with E-state index in [1.807, 2.05) is 12.1 Å². The van der Waals surface area contributed by atoms with Crippen molar-refractivity contribution in [1.29, 1.82) is 0 Å². The molecule has 0 spiro atoms. The number of hydrogen-bond acceptors (Lipinski definition) is 6. The molecule has 0 saturated carbocycles. The van der Waals surface area contributed by atoms with Crippen LogP contribution >= 0.6 is 24.0 Å². The fourth-order valence-electron chi connectivity index (χ4n) is 3.52. The number of pyridine rings is 1. The highest BCUT2D eigenvalue weighted by Gasteiger charge is 2.30. The molecule has 0 radical (unpaired) electrons. The van der Waals surface area contributed by atoms with Gasteiger partial charge in [-0.2, -0.15) is 0 Å². The number of piperidine rings is 1. The van der Waals surface area contributed by atoms with E-state index in [2.05, 4.69) is 11.8 Å². The molecule has 2 aliphatic heterocycles. The number of carbonyl (C=O) groups is 1. The minimum absolute atomic E-state index is 0.171. The zero-order chi connectivity index (χ0) is 19.1. The average Bonchev–Trinajstić information content (AvgIpc) is 2.90. The van der Waals surface area contributed by atoms with Gasteiger partial charge in [-0.1, -0.05) is 37.0 Å². The highest BCUT2D eigenvalue weighted by molar-refractivity contribution is 8.26. The Bertz CT molecular complexity index is 1030. The Hall–Kier alpha value is -2.19. The van der Waals surface area contributed by atoms with Crippen LogP contribution < -0.4 is 10.5 Å². The number of aromatic nitrogens is 2. The first-order valence-corrected chi connectivity index (χ1v) is 10.2. The first kappa shape index (κ1) is 18.2. The second-order valence-electron chi connectivity index (χ2n) is 7.02. The molecular formula is C19H20N4O2S2. The molecular weight excluding hydrogens is 380 g/mol. The van der Waals surface area contributed by atoms with Crippen LogP contribution in [0.1, 0.15) is 25.3 Å². The molecule has 27 heavy (non-hydrogen) atoms. The molecule has 0 bridgehead atoms. The molecule has 2 saturated heterocycles. The van der Waals surface area contributed by atoms with Gasteiger partial charge in [0, 0.05) is 26.3 Å². The third kappa shape index (κ3) is 3.27. The van der Waals surface area contributed by atoms with Crippen LogP contribution in [0.25, 0.3) is 11.7 Å². The number of likely N-dealkylation sites (N-methyl/N-ethyl adjacent to an activating group) is 1. The molecule has 1 amide bonds. The predicted molar refractivity (Wildman–Crippen MR) is 113 cm³/mol. The number of anilines is 1. The zero-order valence-corrected chi connectivity index (χ0v) is 16.8. The number of nitrogens with zero attached hydrogens (tertiary/aromatic N) is 4. The number of carbonyl (C=O) groups excluding carboxylic acids is 1. The number of rotatable bonds is 2. The van der Waals surface area contributed by atoms with E-state index in [1.54, 1.807) is 25.4 Å². The molecule has 4 rings (SSSR count). The van der Waals surface area contributed by atoms with Crippen molar-refractivity contribution >= 4 is 51.7 Å². The molecule has 2 fully saturated rings. The maximum atomic E-state index is 13.2. The smallest absolute Gasteiger partial charge is 0.267 e. The minimum Gasteiger partial charge on any atom is -0.356 e. The third-order valence-electron chi connectivity index (χ3n) is 4.97. The van der Waals surface area contributed by atoms with E-state index in [0.717, 1.165) is 19.5 Å². The largest absolute Gasteiger partial charge is 0.356 e. The summed E-state index contributed by atoms with van der Waals surface area (Å²) in [6, 6.07) is 5.49. The van der Waals surface area contributed by atoms with Crippen LogP contribution in [0, 0.1) is 5.92 Å². The van der Waals surface area contributed by atoms with Gasteiger partial charge < -0.3 is 4.90 Å². The van der Waals surface area contributed by atoms with Crippen LogP contribution in [0.3, 0.4) is 0 Å². The van der Waals surface area contributed by atoms with E-state index >= 15 is 0 Å². The molecule has 2 aromatic heterocycles. The van der Waals surface area contributed by atoms with E-state index in [-0.39, 0.29) is 11.5 Å². The number of thiocarbonyl (C=S) groups is 1. The predicted octanol–water partition coefficient (Wildman–Crippen LogP) is 2.76. The van der Waals surface area contributed by atoms with Crippen molar-refractivity contribution in [3.8, 4) is 0 Å². The number of hydrogen-bond donors (Lipinski definition) is 0.